The molecule has 9 atom stereocenters. The molecule has 0 aromatic carbocycles. The van der Waals surface area contributed by atoms with Gasteiger partial charge < -0.3 is 14.9 Å². The fraction of sp³-hybridized carbons (Fsp3) is 0.867. The van der Waals surface area contributed by atoms with Gasteiger partial charge in [0, 0.05) is 5.92 Å². The van der Waals surface area contributed by atoms with E-state index in [1.807, 2.05) is 13.0 Å². The van der Waals surface area contributed by atoms with Crippen LogP contribution in [0.2, 0.25) is 0 Å². The van der Waals surface area contributed by atoms with Crippen molar-refractivity contribution in [2.75, 3.05) is 0 Å². The molecular formula is C30H47O7P. The molecule has 0 bridgehead atoms. The van der Waals surface area contributed by atoms with E-state index < -0.39 is 30.7 Å². The first-order chi connectivity index (χ1) is 17.2. The SMILES string of the molecule is CC1(C)[C@@H](OP(=O)(O)O)CC[C@]2(C)[C@H]3C(=O)C=C4[C@@H]5C[C@@](C)(C(=O)O)CC[C@]5(C)CC[C@@]4(C)[C@]3(C)CC[C@@H]12. The monoisotopic (exact) mass is 550 g/mol. The van der Waals surface area contributed by atoms with Crippen molar-refractivity contribution >= 4 is 19.6 Å². The van der Waals surface area contributed by atoms with Gasteiger partial charge in [0.15, 0.2) is 5.78 Å². The van der Waals surface area contributed by atoms with Crippen molar-refractivity contribution in [2.24, 2.45) is 50.2 Å². The molecule has 0 heterocycles. The van der Waals surface area contributed by atoms with Crippen molar-refractivity contribution in [1.29, 1.82) is 0 Å². The van der Waals surface area contributed by atoms with E-state index in [-0.39, 0.29) is 45.2 Å². The van der Waals surface area contributed by atoms with Gasteiger partial charge in [-0.15, -0.1) is 0 Å². The highest BCUT2D eigenvalue weighted by Gasteiger charge is 2.70. The molecule has 0 spiro atoms. The van der Waals surface area contributed by atoms with Gasteiger partial charge in [0.2, 0.25) is 0 Å². The van der Waals surface area contributed by atoms with Crippen LogP contribution in [-0.2, 0) is 18.7 Å². The number of carboxylic acids is 1. The molecule has 5 aliphatic rings. The fourth-order valence-electron chi connectivity index (χ4n) is 10.7. The smallest absolute Gasteiger partial charge is 0.469 e. The predicted octanol–water partition coefficient (Wildman–Crippen LogP) is 6.53. The van der Waals surface area contributed by atoms with Crippen LogP contribution in [0.4, 0.5) is 0 Å². The average Bonchev–Trinajstić information content (AvgIpc) is 2.77. The Morgan fingerprint density at radius 3 is 2.18 bits per heavy atom. The summed E-state index contributed by atoms with van der Waals surface area (Å²) in [5.74, 6) is -0.559. The summed E-state index contributed by atoms with van der Waals surface area (Å²) in [7, 11) is -4.62. The first kappa shape index (κ1) is 28.5. The number of carboxylic acid groups (broad SMARTS) is 1. The number of phosphoric ester groups is 1. The number of fused-ring (bicyclic) bond motifs is 7. The van der Waals surface area contributed by atoms with Crippen LogP contribution < -0.4 is 0 Å². The highest BCUT2D eigenvalue weighted by molar-refractivity contribution is 7.46. The second-order valence-corrected chi connectivity index (χ2v) is 16.7. The van der Waals surface area contributed by atoms with Gasteiger partial charge in [0.1, 0.15) is 0 Å². The van der Waals surface area contributed by atoms with E-state index in [2.05, 4.69) is 41.5 Å². The lowest BCUT2D eigenvalue weighted by atomic mass is 9.33. The lowest BCUT2D eigenvalue weighted by molar-refractivity contribution is -0.200. The Hall–Kier alpha value is -1.01. The van der Waals surface area contributed by atoms with Crippen LogP contribution >= 0.6 is 7.82 Å². The Balaban J connectivity index is 1.57. The van der Waals surface area contributed by atoms with E-state index in [9.17, 15) is 29.0 Å². The zero-order valence-corrected chi connectivity index (χ0v) is 25.1. The van der Waals surface area contributed by atoms with Crippen molar-refractivity contribution in [1.82, 2.24) is 0 Å². The topological polar surface area (TPSA) is 121 Å². The molecule has 4 fully saturated rings. The third-order valence-corrected chi connectivity index (χ3v) is 13.8. The fourth-order valence-corrected chi connectivity index (χ4v) is 11.4. The molecule has 0 amide bonds. The number of carbonyl (C=O) groups excluding carboxylic acids is 1. The van der Waals surface area contributed by atoms with Crippen molar-refractivity contribution in [2.45, 2.75) is 112 Å². The van der Waals surface area contributed by atoms with Crippen LogP contribution in [0.3, 0.4) is 0 Å². The van der Waals surface area contributed by atoms with Gasteiger partial charge in [-0.1, -0.05) is 47.1 Å². The maximum Gasteiger partial charge on any atom is 0.469 e. The number of rotatable bonds is 3. The maximum atomic E-state index is 14.3. The first-order valence-electron chi connectivity index (χ1n) is 14.5. The molecule has 38 heavy (non-hydrogen) atoms. The summed E-state index contributed by atoms with van der Waals surface area (Å²) in [6.07, 6.45) is 8.51. The molecule has 5 rings (SSSR count). The number of aliphatic carboxylic acids is 1. The molecular weight excluding hydrogens is 503 g/mol. The number of hydrogen-bond donors (Lipinski definition) is 3. The summed E-state index contributed by atoms with van der Waals surface area (Å²) in [5, 5.41) is 10.1. The second-order valence-electron chi connectivity index (χ2n) is 15.5. The van der Waals surface area contributed by atoms with E-state index in [1.54, 1.807) is 0 Å². The molecule has 214 valence electrons. The highest BCUT2D eigenvalue weighted by atomic mass is 31.2. The Morgan fingerprint density at radius 2 is 1.58 bits per heavy atom. The van der Waals surface area contributed by atoms with Crippen LogP contribution in [0.1, 0.15) is 106 Å². The molecule has 3 N–H and O–H groups in total. The molecule has 7 nitrogen and oxygen atoms in total. The second kappa shape index (κ2) is 8.27. The highest BCUT2D eigenvalue weighted by Crippen LogP contribution is 2.75. The van der Waals surface area contributed by atoms with Gasteiger partial charge in [-0.3, -0.25) is 14.1 Å². The van der Waals surface area contributed by atoms with Crippen LogP contribution in [0.25, 0.3) is 0 Å². The van der Waals surface area contributed by atoms with Crippen LogP contribution in [0, 0.1) is 50.2 Å². The zero-order valence-electron chi connectivity index (χ0n) is 24.2. The third kappa shape index (κ3) is 3.74. The summed E-state index contributed by atoms with van der Waals surface area (Å²) < 4.78 is 17.1. The van der Waals surface area contributed by atoms with Gasteiger partial charge in [-0.2, -0.15) is 0 Å². The molecule has 4 saturated carbocycles. The summed E-state index contributed by atoms with van der Waals surface area (Å²) in [4.78, 5) is 45.8. The van der Waals surface area contributed by atoms with Gasteiger partial charge >= 0.3 is 13.8 Å². The quantitative estimate of drug-likeness (QED) is 0.342. The number of carbonyl (C=O) groups is 2. The molecule has 0 aromatic rings. The minimum absolute atomic E-state index is 0.0187. The van der Waals surface area contributed by atoms with Crippen molar-refractivity contribution < 1.29 is 33.6 Å². The molecule has 0 saturated heterocycles. The van der Waals surface area contributed by atoms with E-state index in [1.165, 1.54) is 5.57 Å². The number of allylic oxidation sites excluding steroid dienone is 2. The summed E-state index contributed by atoms with van der Waals surface area (Å²) in [6, 6.07) is 0. The largest absolute Gasteiger partial charge is 0.481 e. The van der Waals surface area contributed by atoms with Gasteiger partial charge in [0.05, 0.1) is 11.5 Å². The van der Waals surface area contributed by atoms with Crippen molar-refractivity contribution in [3.05, 3.63) is 11.6 Å². The maximum absolute atomic E-state index is 14.3. The summed E-state index contributed by atoms with van der Waals surface area (Å²) in [5.41, 5.74) is -0.801. The van der Waals surface area contributed by atoms with E-state index in [0.29, 0.717) is 25.7 Å². The Morgan fingerprint density at radius 1 is 0.947 bits per heavy atom. The van der Waals surface area contributed by atoms with Gasteiger partial charge in [-0.05, 0) is 110 Å². The van der Waals surface area contributed by atoms with Crippen molar-refractivity contribution in [3.63, 3.8) is 0 Å². The molecule has 0 unspecified atom stereocenters. The van der Waals surface area contributed by atoms with E-state index in [0.717, 1.165) is 32.1 Å². The number of phosphoric acid groups is 1. The molecule has 8 heteroatoms. The van der Waals surface area contributed by atoms with Crippen molar-refractivity contribution in [3.8, 4) is 0 Å². The molecule has 0 radical (unpaired) electrons. The molecule has 0 aromatic heterocycles. The minimum atomic E-state index is -4.62. The summed E-state index contributed by atoms with van der Waals surface area (Å²) in [6.45, 7) is 15.2. The zero-order chi connectivity index (χ0) is 28.3. The minimum Gasteiger partial charge on any atom is -0.481 e. The van der Waals surface area contributed by atoms with E-state index in [4.69, 9.17) is 4.52 Å². The van der Waals surface area contributed by atoms with Gasteiger partial charge in [-0.25, -0.2) is 4.57 Å². The predicted molar refractivity (Wildman–Crippen MR) is 144 cm³/mol. The lowest BCUT2D eigenvalue weighted by Gasteiger charge is -2.70. The Labute approximate surface area is 227 Å². The molecule has 5 aliphatic carbocycles. The number of ketones is 1. The first-order valence-corrected chi connectivity index (χ1v) is 16.0. The normalized spacial score (nSPS) is 50.1. The third-order valence-electron chi connectivity index (χ3n) is 13.3. The number of hydrogen-bond acceptors (Lipinski definition) is 4. The Bertz CT molecular complexity index is 1140. The van der Waals surface area contributed by atoms with E-state index >= 15 is 0 Å². The van der Waals surface area contributed by atoms with Gasteiger partial charge in [0.25, 0.3) is 0 Å². The summed E-state index contributed by atoms with van der Waals surface area (Å²) >= 11 is 0. The molecule has 0 aliphatic heterocycles. The van der Waals surface area contributed by atoms with Crippen LogP contribution in [0.5, 0.6) is 0 Å². The van der Waals surface area contributed by atoms with Crippen LogP contribution in [0.15, 0.2) is 11.6 Å². The lowest BCUT2D eigenvalue weighted by Crippen LogP contribution is -2.66. The Kier molecular flexibility index (Phi) is 6.21. The standard InChI is InChI=1S/C30H47O7P/c1-25(2)21-8-11-30(7)23(28(21,5)10-9-22(25)37-38(34,35)36)20(31)16-18-19-17-27(4,24(32)33)13-12-26(19,3)14-15-29(18,30)6/h16,19,21-23H,8-15,17H2,1-7H3,(H,32,33)(H2,34,35,36)/t19-,21-,22-,23+,26+,27-,28-,29+,30+/m0/s1. The average molecular weight is 551 g/mol. The van der Waals surface area contributed by atoms with Crippen LogP contribution in [-0.4, -0.2) is 32.7 Å².